The molecule has 0 amide bonds. The van der Waals surface area contributed by atoms with Gasteiger partial charge in [-0.25, -0.2) is 0 Å². The molecule has 2 unspecified atom stereocenters. The Kier molecular flexibility index (Phi) is 8.31. The van der Waals surface area contributed by atoms with Crippen LogP contribution in [0.2, 0.25) is 0 Å². The summed E-state index contributed by atoms with van der Waals surface area (Å²) in [7, 11) is 2.20. The van der Waals surface area contributed by atoms with Gasteiger partial charge in [0.1, 0.15) is 0 Å². The predicted octanol–water partition coefficient (Wildman–Crippen LogP) is 2.07. The van der Waals surface area contributed by atoms with E-state index in [1.807, 2.05) is 11.8 Å². The standard InChI is InChI=1S/C14H30N2OS/c1-12(2)9-15-10-13-5-6-14(17-13)11-16(3)7-8-18-4/h12-15H,5-11H2,1-4H3. The van der Waals surface area contributed by atoms with Gasteiger partial charge in [0.2, 0.25) is 0 Å². The van der Waals surface area contributed by atoms with Crippen molar-refractivity contribution < 1.29 is 4.74 Å². The number of nitrogens with zero attached hydrogens (tertiary/aromatic N) is 1. The minimum Gasteiger partial charge on any atom is -0.372 e. The normalized spacial score (nSPS) is 24.3. The van der Waals surface area contributed by atoms with Crippen molar-refractivity contribution in [2.24, 2.45) is 5.92 Å². The molecule has 0 bridgehead atoms. The highest BCUT2D eigenvalue weighted by Gasteiger charge is 2.25. The molecule has 0 saturated carbocycles. The van der Waals surface area contributed by atoms with E-state index in [0.717, 1.165) is 32.1 Å². The molecule has 1 aliphatic rings. The Morgan fingerprint density at radius 3 is 2.72 bits per heavy atom. The number of hydrogen-bond acceptors (Lipinski definition) is 4. The lowest BCUT2D eigenvalue weighted by molar-refractivity contribution is 0.0287. The van der Waals surface area contributed by atoms with Gasteiger partial charge >= 0.3 is 0 Å². The van der Waals surface area contributed by atoms with Gasteiger partial charge in [0.05, 0.1) is 12.2 Å². The van der Waals surface area contributed by atoms with E-state index in [2.05, 4.69) is 37.4 Å². The van der Waals surface area contributed by atoms with Gasteiger partial charge in [0.15, 0.2) is 0 Å². The van der Waals surface area contributed by atoms with E-state index < -0.39 is 0 Å². The molecule has 3 nitrogen and oxygen atoms in total. The topological polar surface area (TPSA) is 24.5 Å². The van der Waals surface area contributed by atoms with Crippen LogP contribution in [0, 0.1) is 5.92 Å². The summed E-state index contributed by atoms with van der Waals surface area (Å²) >= 11 is 1.91. The number of nitrogens with one attached hydrogen (secondary N) is 1. The van der Waals surface area contributed by atoms with Crippen LogP contribution in [0.5, 0.6) is 0 Å². The predicted molar refractivity (Wildman–Crippen MR) is 81.5 cm³/mol. The minimum atomic E-state index is 0.433. The molecule has 0 aromatic rings. The molecule has 1 saturated heterocycles. The zero-order valence-corrected chi connectivity index (χ0v) is 13.3. The highest BCUT2D eigenvalue weighted by atomic mass is 32.2. The summed E-state index contributed by atoms with van der Waals surface area (Å²) < 4.78 is 6.08. The fourth-order valence-electron chi connectivity index (χ4n) is 2.28. The molecular weight excluding hydrogens is 244 g/mol. The van der Waals surface area contributed by atoms with Crippen molar-refractivity contribution in [1.29, 1.82) is 0 Å². The van der Waals surface area contributed by atoms with E-state index in [0.29, 0.717) is 12.2 Å². The summed E-state index contributed by atoms with van der Waals surface area (Å²) in [6.07, 6.45) is 5.48. The maximum Gasteiger partial charge on any atom is 0.0707 e. The molecule has 1 fully saturated rings. The lowest BCUT2D eigenvalue weighted by atomic mass is 10.2. The molecule has 0 radical (unpaired) electrons. The second kappa shape index (κ2) is 9.18. The first kappa shape index (κ1) is 16.3. The number of hydrogen-bond donors (Lipinski definition) is 1. The third kappa shape index (κ3) is 6.98. The third-order valence-electron chi connectivity index (χ3n) is 3.31. The van der Waals surface area contributed by atoms with E-state index in [1.54, 1.807) is 0 Å². The lowest BCUT2D eigenvalue weighted by Gasteiger charge is -2.21. The van der Waals surface area contributed by atoms with Gasteiger partial charge in [-0.3, -0.25) is 0 Å². The van der Waals surface area contributed by atoms with Crippen LogP contribution in [0.25, 0.3) is 0 Å². The summed E-state index contributed by atoms with van der Waals surface area (Å²) in [4.78, 5) is 2.39. The summed E-state index contributed by atoms with van der Waals surface area (Å²) in [5.74, 6) is 1.93. The summed E-state index contributed by atoms with van der Waals surface area (Å²) in [6, 6.07) is 0. The molecule has 18 heavy (non-hydrogen) atoms. The van der Waals surface area contributed by atoms with Gasteiger partial charge in [0.25, 0.3) is 0 Å². The Morgan fingerprint density at radius 1 is 1.33 bits per heavy atom. The fraction of sp³-hybridized carbons (Fsp3) is 1.00. The van der Waals surface area contributed by atoms with Crippen molar-refractivity contribution in [3.8, 4) is 0 Å². The third-order valence-corrected chi connectivity index (χ3v) is 3.90. The van der Waals surface area contributed by atoms with Crippen LogP contribution in [0.15, 0.2) is 0 Å². The maximum atomic E-state index is 6.08. The zero-order chi connectivity index (χ0) is 13.4. The molecule has 0 aliphatic carbocycles. The average molecular weight is 274 g/mol. The van der Waals surface area contributed by atoms with Crippen LogP contribution in [0.1, 0.15) is 26.7 Å². The molecule has 0 aromatic heterocycles. The minimum absolute atomic E-state index is 0.433. The Balaban J connectivity index is 2.09. The molecule has 1 rings (SSSR count). The lowest BCUT2D eigenvalue weighted by Crippen LogP contribution is -2.33. The largest absolute Gasteiger partial charge is 0.372 e. The molecule has 1 heterocycles. The molecule has 4 heteroatoms. The van der Waals surface area contributed by atoms with Crippen molar-refractivity contribution in [3.05, 3.63) is 0 Å². The second-order valence-corrected chi connectivity index (χ2v) is 6.75. The Morgan fingerprint density at radius 2 is 2.06 bits per heavy atom. The first-order valence-electron chi connectivity index (χ1n) is 7.15. The van der Waals surface area contributed by atoms with Crippen molar-refractivity contribution >= 4 is 11.8 Å². The van der Waals surface area contributed by atoms with Crippen molar-refractivity contribution in [1.82, 2.24) is 10.2 Å². The summed E-state index contributed by atoms with van der Waals surface area (Å²) in [5.41, 5.74) is 0. The van der Waals surface area contributed by atoms with Gasteiger partial charge in [-0.05, 0) is 38.6 Å². The molecular formula is C14H30N2OS. The van der Waals surface area contributed by atoms with Gasteiger partial charge in [-0.1, -0.05) is 13.8 Å². The molecule has 108 valence electrons. The monoisotopic (exact) mass is 274 g/mol. The highest BCUT2D eigenvalue weighted by Crippen LogP contribution is 2.19. The molecule has 2 atom stereocenters. The number of rotatable bonds is 9. The summed E-state index contributed by atoms with van der Waals surface area (Å²) in [6.45, 7) is 8.85. The average Bonchev–Trinajstić information content (AvgIpc) is 2.73. The van der Waals surface area contributed by atoms with E-state index in [9.17, 15) is 0 Å². The Bertz CT molecular complexity index is 214. The van der Waals surface area contributed by atoms with Crippen LogP contribution in [0.4, 0.5) is 0 Å². The van der Waals surface area contributed by atoms with Crippen molar-refractivity contribution in [2.75, 3.05) is 45.2 Å². The Hall–Kier alpha value is 0.230. The maximum absolute atomic E-state index is 6.08. The van der Waals surface area contributed by atoms with Gasteiger partial charge in [-0.15, -0.1) is 0 Å². The Labute approximate surface area is 117 Å². The highest BCUT2D eigenvalue weighted by molar-refractivity contribution is 7.98. The van der Waals surface area contributed by atoms with Gasteiger partial charge in [-0.2, -0.15) is 11.8 Å². The number of ether oxygens (including phenoxy) is 1. The first-order chi connectivity index (χ1) is 8.61. The van der Waals surface area contributed by atoms with Crippen LogP contribution in [-0.2, 0) is 4.74 Å². The SMILES string of the molecule is CSCCN(C)CC1CCC(CNCC(C)C)O1. The number of likely N-dealkylation sites (N-methyl/N-ethyl adjacent to an activating group) is 1. The zero-order valence-electron chi connectivity index (χ0n) is 12.4. The van der Waals surface area contributed by atoms with E-state index in [1.165, 1.54) is 18.6 Å². The molecule has 0 aromatic carbocycles. The molecule has 1 aliphatic heterocycles. The van der Waals surface area contributed by atoms with E-state index >= 15 is 0 Å². The fourth-order valence-corrected chi connectivity index (χ4v) is 2.78. The number of thioether (sulfide) groups is 1. The van der Waals surface area contributed by atoms with Gasteiger partial charge in [0, 0.05) is 25.4 Å². The van der Waals surface area contributed by atoms with Crippen LogP contribution < -0.4 is 5.32 Å². The van der Waals surface area contributed by atoms with Crippen molar-refractivity contribution in [2.45, 2.75) is 38.9 Å². The smallest absolute Gasteiger partial charge is 0.0707 e. The van der Waals surface area contributed by atoms with Crippen LogP contribution in [-0.4, -0.2) is 62.3 Å². The molecule has 0 spiro atoms. The van der Waals surface area contributed by atoms with Crippen LogP contribution >= 0.6 is 11.8 Å². The van der Waals surface area contributed by atoms with Crippen molar-refractivity contribution in [3.63, 3.8) is 0 Å². The first-order valence-corrected chi connectivity index (χ1v) is 8.54. The quantitative estimate of drug-likeness (QED) is 0.696. The van der Waals surface area contributed by atoms with E-state index in [-0.39, 0.29) is 0 Å². The molecule has 1 N–H and O–H groups in total. The van der Waals surface area contributed by atoms with Gasteiger partial charge < -0.3 is 15.0 Å². The summed E-state index contributed by atoms with van der Waals surface area (Å²) in [5, 5.41) is 3.49. The van der Waals surface area contributed by atoms with E-state index in [4.69, 9.17) is 4.74 Å². The second-order valence-electron chi connectivity index (χ2n) is 5.76. The van der Waals surface area contributed by atoms with Crippen LogP contribution in [0.3, 0.4) is 0 Å².